The lowest BCUT2D eigenvalue weighted by Crippen LogP contribution is -1.27. The SMILES string of the molecule is C/C=C\C.C=C.CC.CC.CCC. The summed E-state index contributed by atoms with van der Waals surface area (Å²) in [7, 11) is 0. The molecule has 0 aromatic carbocycles. The van der Waals surface area contributed by atoms with E-state index < -0.39 is 0 Å². The first-order valence-electron chi connectivity index (χ1n) is 5.40. The van der Waals surface area contributed by atoms with Gasteiger partial charge in [-0.15, -0.1) is 13.2 Å². The maximum Gasteiger partial charge on any atom is -0.0470 e. The molecular weight excluding hydrogens is 156 g/mol. The Labute approximate surface area is 87.8 Å². The quantitative estimate of drug-likeness (QED) is 0.418. The fourth-order valence-electron chi connectivity index (χ4n) is 0. The second-order valence-electron chi connectivity index (χ2n) is 1.37. The molecule has 0 aromatic heterocycles. The Hall–Kier alpha value is -0.520. The molecule has 0 saturated carbocycles. The summed E-state index contributed by atoms with van der Waals surface area (Å²) in [4.78, 5) is 0. The summed E-state index contributed by atoms with van der Waals surface area (Å²) in [6, 6.07) is 0. The molecule has 0 aromatic rings. The molecule has 0 heterocycles. The van der Waals surface area contributed by atoms with Gasteiger partial charge in [0.1, 0.15) is 0 Å². The molecule has 0 bridgehead atoms. The Morgan fingerprint density at radius 2 is 0.846 bits per heavy atom. The number of allylic oxidation sites excluding steroid dienone is 2. The molecule has 13 heavy (non-hydrogen) atoms. The van der Waals surface area contributed by atoms with E-state index in [0.717, 1.165) is 0 Å². The van der Waals surface area contributed by atoms with Gasteiger partial charge in [0.15, 0.2) is 0 Å². The highest BCUT2D eigenvalue weighted by atomic mass is 13.4. The zero-order valence-corrected chi connectivity index (χ0v) is 11.3. The first kappa shape index (κ1) is 29.4. The van der Waals surface area contributed by atoms with E-state index in [1.807, 2.05) is 53.7 Å². The summed E-state index contributed by atoms with van der Waals surface area (Å²) in [6.07, 6.45) is 5.25. The third-order valence-electron chi connectivity index (χ3n) is 0.333. The van der Waals surface area contributed by atoms with Gasteiger partial charge in [0.25, 0.3) is 0 Å². The molecule has 0 unspecified atom stereocenters. The third kappa shape index (κ3) is 4480. The maximum atomic E-state index is 3.00. The van der Waals surface area contributed by atoms with Gasteiger partial charge in [0, 0.05) is 0 Å². The van der Waals surface area contributed by atoms with Gasteiger partial charge in [-0.2, -0.15) is 0 Å². The Kier molecular flexibility index (Phi) is 464. The molecule has 0 heteroatoms. The van der Waals surface area contributed by atoms with Gasteiger partial charge in [-0.05, 0) is 13.8 Å². The smallest absolute Gasteiger partial charge is 0.0470 e. The fraction of sp³-hybridized carbons (Fsp3) is 0.692. The average Bonchev–Trinajstić information content (AvgIpc) is 2.27. The molecule has 0 nitrogen and oxygen atoms in total. The molecule has 0 aliphatic carbocycles. The largest absolute Gasteiger partial charge is 0.106 e. The third-order valence-corrected chi connectivity index (χ3v) is 0.333. The maximum absolute atomic E-state index is 3.00. The first-order chi connectivity index (χ1) is 6.33. The summed E-state index contributed by atoms with van der Waals surface area (Å²) < 4.78 is 0. The lowest BCUT2D eigenvalue weighted by atomic mass is 10.6. The minimum Gasteiger partial charge on any atom is -0.106 e. The van der Waals surface area contributed by atoms with E-state index in [9.17, 15) is 0 Å². The van der Waals surface area contributed by atoms with Crippen molar-refractivity contribution in [2.75, 3.05) is 0 Å². The summed E-state index contributed by atoms with van der Waals surface area (Å²) in [6.45, 7) is 22.2. The Morgan fingerprint density at radius 3 is 0.846 bits per heavy atom. The predicted octanol–water partition coefficient (Wildman–Crippen LogP) is 5.85. The van der Waals surface area contributed by atoms with Crippen molar-refractivity contribution < 1.29 is 0 Å². The van der Waals surface area contributed by atoms with E-state index in [4.69, 9.17) is 0 Å². The van der Waals surface area contributed by atoms with E-state index in [1.165, 1.54) is 6.42 Å². The highest BCUT2D eigenvalue weighted by Crippen LogP contribution is 1.57. The van der Waals surface area contributed by atoms with Crippen LogP contribution >= 0.6 is 0 Å². The molecule has 0 atom stereocenters. The predicted molar refractivity (Wildman–Crippen MR) is 70.4 cm³/mol. The van der Waals surface area contributed by atoms with Crippen molar-refractivity contribution in [2.45, 2.75) is 61.8 Å². The topological polar surface area (TPSA) is 0 Å². The summed E-state index contributed by atoms with van der Waals surface area (Å²) in [5, 5.41) is 0. The van der Waals surface area contributed by atoms with Gasteiger partial charge < -0.3 is 0 Å². The monoisotopic (exact) mass is 188 g/mol. The molecule has 0 aliphatic heterocycles. The van der Waals surface area contributed by atoms with Gasteiger partial charge in [-0.25, -0.2) is 0 Å². The van der Waals surface area contributed by atoms with Crippen molar-refractivity contribution in [3.8, 4) is 0 Å². The Morgan fingerprint density at radius 1 is 0.769 bits per heavy atom. The summed E-state index contributed by atoms with van der Waals surface area (Å²) in [5.41, 5.74) is 0. The van der Waals surface area contributed by atoms with Gasteiger partial charge in [-0.3, -0.25) is 0 Å². The van der Waals surface area contributed by atoms with E-state index >= 15 is 0 Å². The lowest BCUT2D eigenvalue weighted by molar-refractivity contribution is 1.09. The summed E-state index contributed by atoms with van der Waals surface area (Å²) >= 11 is 0. The Bertz CT molecular complexity index is 31.3. The molecule has 0 saturated heterocycles. The van der Waals surface area contributed by atoms with Crippen LogP contribution in [0.5, 0.6) is 0 Å². The van der Waals surface area contributed by atoms with Crippen LogP contribution in [0.2, 0.25) is 0 Å². The van der Waals surface area contributed by atoms with Crippen LogP contribution in [0.3, 0.4) is 0 Å². The normalized spacial score (nSPS) is 5.54. The second-order valence-corrected chi connectivity index (χ2v) is 1.37. The highest BCUT2D eigenvalue weighted by molar-refractivity contribution is 4.68. The van der Waals surface area contributed by atoms with Crippen molar-refractivity contribution in [3.05, 3.63) is 25.3 Å². The molecule has 0 radical (unpaired) electrons. The van der Waals surface area contributed by atoms with E-state index in [-0.39, 0.29) is 0 Å². The minimum atomic E-state index is 1.25. The van der Waals surface area contributed by atoms with Crippen molar-refractivity contribution in [2.24, 2.45) is 0 Å². The number of hydrogen-bond donors (Lipinski definition) is 0. The van der Waals surface area contributed by atoms with Gasteiger partial charge in [-0.1, -0.05) is 60.1 Å². The van der Waals surface area contributed by atoms with E-state index in [0.29, 0.717) is 0 Å². The van der Waals surface area contributed by atoms with Crippen molar-refractivity contribution in [1.82, 2.24) is 0 Å². The highest BCUT2D eigenvalue weighted by Gasteiger charge is 1.35. The van der Waals surface area contributed by atoms with Crippen molar-refractivity contribution in [1.29, 1.82) is 0 Å². The fourth-order valence-corrected chi connectivity index (χ4v) is 0. The molecule has 0 rings (SSSR count). The molecule has 0 N–H and O–H groups in total. The molecule has 84 valence electrons. The minimum absolute atomic E-state index is 1.25. The summed E-state index contributed by atoms with van der Waals surface area (Å²) in [5.74, 6) is 0. The first-order valence-corrected chi connectivity index (χ1v) is 5.40. The van der Waals surface area contributed by atoms with Crippen LogP contribution in [0.1, 0.15) is 61.8 Å². The Balaban J connectivity index is -0.0000000215. The van der Waals surface area contributed by atoms with Crippen LogP contribution in [0.15, 0.2) is 25.3 Å². The number of rotatable bonds is 0. The van der Waals surface area contributed by atoms with Crippen LogP contribution in [0, 0.1) is 0 Å². The van der Waals surface area contributed by atoms with Gasteiger partial charge in [0.2, 0.25) is 0 Å². The van der Waals surface area contributed by atoms with Gasteiger partial charge in [0.05, 0.1) is 0 Å². The molecule has 0 amide bonds. The van der Waals surface area contributed by atoms with Gasteiger partial charge >= 0.3 is 0 Å². The van der Waals surface area contributed by atoms with E-state index in [2.05, 4.69) is 27.0 Å². The molecular formula is C13H32. The standard InChI is InChI=1S/C4H8.C3H8.2C2H6.C2H4/c1-3-4-2;1-3-2;3*1-2/h3-4H,1-2H3;3H2,1-2H3;2*1-2H3;1-2H2/b4-3-;;;;. The number of hydrogen-bond acceptors (Lipinski definition) is 0. The van der Waals surface area contributed by atoms with Crippen LogP contribution < -0.4 is 0 Å². The van der Waals surface area contributed by atoms with Crippen LogP contribution in [0.25, 0.3) is 0 Å². The van der Waals surface area contributed by atoms with Crippen molar-refractivity contribution >= 4 is 0 Å². The zero-order valence-electron chi connectivity index (χ0n) is 11.3. The second kappa shape index (κ2) is 205. The van der Waals surface area contributed by atoms with Crippen LogP contribution in [0.4, 0.5) is 0 Å². The van der Waals surface area contributed by atoms with E-state index in [1.54, 1.807) is 0 Å². The zero-order chi connectivity index (χ0) is 12.1. The molecule has 0 fully saturated rings. The van der Waals surface area contributed by atoms with Crippen LogP contribution in [-0.2, 0) is 0 Å². The molecule has 0 aliphatic rings. The average molecular weight is 188 g/mol. The molecule has 0 spiro atoms. The lowest BCUT2D eigenvalue weighted by Gasteiger charge is -1.49. The van der Waals surface area contributed by atoms with Crippen LogP contribution in [-0.4, -0.2) is 0 Å². The van der Waals surface area contributed by atoms with Crippen molar-refractivity contribution in [3.63, 3.8) is 0 Å².